The predicted molar refractivity (Wildman–Crippen MR) is 139 cm³/mol. The first kappa shape index (κ1) is 24.6. The summed E-state index contributed by atoms with van der Waals surface area (Å²) in [7, 11) is 1.68. The van der Waals surface area contributed by atoms with E-state index in [1.807, 2.05) is 44.2 Å². The molecule has 188 valence electrons. The van der Waals surface area contributed by atoms with E-state index in [1.165, 1.54) is 4.57 Å². The van der Waals surface area contributed by atoms with E-state index in [0.717, 1.165) is 11.6 Å². The van der Waals surface area contributed by atoms with E-state index in [2.05, 4.69) is 20.9 Å². The fourth-order valence-electron chi connectivity index (χ4n) is 5.36. The molecule has 2 aromatic heterocycles. The quantitative estimate of drug-likeness (QED) is 0.405. The van der Waals surface area contributed by atoms with Crippen LogP contribution in [0, 0.1) is 23.0 Å². The van der Waals surface area contributed by atoms with Gasteiger partial charge in [-0.2, -0.15) is 5.26 Å². The Bertz CT molecular complexity index is 1560. The number of nitrogens with zero attached hydrogens (tertiary/aromatic N) is 5. The molecular weight excluding hydrogens is 472 g/mol. The zero-order chi connectivity index (χ0) is 26.3. The molecule has 5 rings (SSSR count). The van der Waals surface area contributed by atoms with Crippen LogP contribution in [0.25, 0.3) is 11.0 Å². The van der Waals surface area contributed by atoms with Gasteiger partial charge in [0, 0.05) is 43.9 Å². The molecule has 0 amide bonds. The van der Waals surface area contributed by atoms with Crippen LogP contribution in [0.5, 0.6) is 0 Å². The van der Waals surface area contributed by atoms with Crippen LogP contribution in [0.3, 0.4) is 0 Å². The number of rotatable bonds is 4. The maximum absolute atomic E-state index is 15.1. The summed E-state index contributed by atoms with van der Waals surface area (Å²) in [5, 5.41) is 9.41. The number of nitriles is 1. The maximum atomic E-state index is 15.1. The number of hydrogen-bond acceptors (Lipinski definition) is 5. The van der Waals surface area contributed by atoms with E-state index in [4.69, 9.17) is 0 Å². The van der Waals surface area contributed by atoms with Gasteiger partial charge in [-0.25, -0.2) is 13.8 Å². The first-order valence-electron chi connectivity index (χ1n) is 12.2. The van der Waals surface area contributed by atoms with Crippen molar-refractivity contribution >= 4 is 16.7 Å². The monoisotopic (exact) mass is 499 g/mol. The molecule has 4 aromatic rings. The Balaban J connectivity index is 1.58. The molecular formula is C29H27F2N5O. The van der Waals surface area contributed by atoms with Crippen LogP contribution in [0.2, 0.25) is 0 Å². The molecule has 1 saturated heterocycles. The number of aromatic nitrogens is 2. The highest BCUT2D eigenvalue weighted by atomic mass is 19.2. The van der Waals surface area contributed by atoms with Gasteiger partial charge in [0.05, 0.1) is 17.2 Å². The summed E-state index contributed by atoms with van der Waals surface area (Å²) < 4.78 is 30.9. The summed E-state index contributed by atoms with van der Waals surface area (Å²) in [6.07, 6.45) is 0. The Morgan fingerprint density at radius 2 is 1.76 bits per heavy atom. The third-order valence-electron chi connectivity index (χ3n) is 7.25. The van der Waals surface area contributed by atoms with Gasteiger partial charge in [0.25, 0.3) is 5.56 Å². The minimum absolute atomic E-state index is 0.0812. The van der Waals surface area contributed by atoms with Crippen molar-refractivity contribution in [2.75, 3.05) is 18.0 Å². The molecule has 0 aliphatic carbocycles. The van der Waals surface area contributed by atoms with Crippen molar-refractivity contribution in [1.82, 2.24) is 14.5 Å². The SMILES string of the molecule is C[C@@H]1CN(c2cc(=O)n(C)c3ccc(C#N)nc23)[C@@H](C)CN1C(c1ccccc1)c1cccc(F)c1F. The molecule has 0 N–H and O–H groups in total. The van der Waals surface area contributed by atoms with E-state index in [9.17, 15) is 14.4 Å². The second kappa shape index (κ2) is 9.75. The van der Waals surface area contributed by atoms with Crippen LogP contribution in [0.15, 0.2) is 71.5 Å². The summed E-state index contributed by atoms with van der Waals surface area (Å²) >= 11 is 0. The lowest BCUT2D eigenvalue weighted by Gasteiger charge is -2.48. The fourth-order valence-corrected chi connectivity index (χ4v) is 5.36. The number of benzene rings is 2. The summed E-state index contributed by atoms with van der Waals surface area (Å²) in [4.78, 5) is 21.7. The van der Waals surface area contributed by atoms with Gasteiger partial charge < -0.3 is 9.47 Å². The molecule has 8 heteroatoms. The van der Waals surface area contributed by atoms with Crippen LogP contribution in [-0.4, -0.2) is 39.6 Å². The molecule has 1 aliphatic heterocycles. The first-order valence-corrected chi connectivity index (χ1v) is 12.2. The molecule has 0 bridgehead atoms. The molecule has 2 aromatic carbocycles. The number of halogens is 2. The minimum atomic E-state index is -0.872. The number of aryl methyl sites for hydroxylation is 1. The molecule has 0 radical (unpaired) electrons. The first-order chi connectivity index (χ1) is 17.8. The smallest absolute Gasteiger partial charge is 0.252 e. The molecule has 0 spiro atoms. The van der Waals surface area contributed by atoms with E-state index >= 15 is 4.39 Å². The van der Waals surface area contributed by atoms with Crippen LogP contribution in [-0.2, 0) is 7.05 Å². The Kier molecular flexibility index (Phi) is 6.48. The topological polar surface area (TPSA) is 65.2 Å². The fraction of sp³-hybridized carbons (Fsp3) is 0.276. The van der Waals surface area contributed by atoms with Crippen molar-refractivity contribution in [3.8, 4) is 6.07 Å². The number of anilines is 1. The molecule has 3 atom stereocenters. The average molecular weight is 500 g/mol. The number of fused-ring (bicyclic) bond motifs is 1. The lowest BCUT2D eigenvalue weighted by molar-refractivity contribution is 0.127. The largest absolute Gasteiger partial charge is 0.364 e. The third-order valence-corrected chi connectivity index (χ3v) is 7.25. The van der Waals surface area contributed by atoms with Crippen molar-refractivity contribution in [3.05, 3.63) is 106 Å². The van der Waals surface area contributed by atoms with Crippen molar-refractivity contribution in [3.63, 3.8) is 0 Å². The third kappa shape index (κ3) is 4.36. The minimum Gasteiger partial charge on any atom is -0.364 e. The van der Waals surface area contributed by atoms with Crippen LogP contribution < -0.4 is 10.5 Å². The Labute approximate surface area is 214 Å². The standard InChI is InChI=1S/C29H27F2N5O/c1-18-17-36(29(20-8-5-4-6-9-20)22-10-7-11-23(30)27(22)31)19(2)16-35(18)25-14-26(37)34(3)24-13-12-21(15-32)33-28(24)25/h4-14,18-19,29H,16-17H2,1-3H3/t18-,19+,29?/m0/s1. The second-order valence-corrected chi connectivity index (χ2v) is 9.61. The lowest BCUT2D eigenvalue weighted by Crippen LogP contribution is -2.57. The van der Waals surface area contributed by atoms with Gasteiger partial charge in [0.1, 0.15) is 17.3 Å². The number of piperazine rings is 1. The summed E-state index contributed by atoms with van der Waals surface area (Å²) in [6, 6.07) is 20.2. The maximum Gasteiger partial charge on any atom is 0.252 e. The zero-order valence-electron chi connectivity index (χ0n) is 20.9. The van der Waals surface area contributed by atoms with Gasteiger partial charge >= 0.3 is 0 Å². The molecule has 1 fully saturated rings. The van der Waals surface area contributed by atoms with Gasteiger partial charge in [-0.1, -0.05) is 42.5 Å². The van der Waals surface area contributed by atoms with Gasteiger partial charge in [0.15, 0.2) is 11.6 Å². The van der Waals surface area contributed by atoms with Gasteiger partial charge in [-0.05, 0) is 37.6 Å². The Hall–Kier alpha value is -4.09. The van der Waals surface area contributed by atoms with Crippen molar-refractivity contribution in [2.24, 2.45) is 7.05 Å². The highest BCUT2D eigenvalue weighted by molar-refractivity contribution is 5.89. The Morgan fingerprint density at radius 3 is 2.49 bits per heavy atom. The van der Waals surface area contributed by atoms with E-state index < -0.39 is 17.7 Å². The van der Waals surface area contributed by atoms with Crippen molar-refractivity contribution < 1.29 is 8.78 Å². The van der Waals surface area contributed by atoms with E-state index in [1.54, 1.807) is 37.4 Å². The van der Waals surface area contributed by atoms with Crippen LogP contribution in [0.1, 0.15) is 36.7 Å². The summed E-state index contributed by atoms with van der Waals surface area (Å²) in [6.45, 7) is 5.15. The molecule has 37 heavy (non-hydrogen) atoms. The van der Waals surface area contributed by atoms with Crippen LogP contribution >= 0.6 is 0 Å². The molecule has 3 heterocycles. The van der Waals surface area contributed by atoms with Crippen molar-refractivity contribution in [2.45, 2.75) is 32.0 Å². The second-order valence-electron chi connectivity index (χ2n) is 9.61. The van der Waals surface area contributed by atoms with E-state index in [-0.39, 0.29) is 28.9 Å². The normalized spacial score (nSPS) is 19.1. The van der Waals surface area contributed by atoms with Crippen molar-refractivity contribution in [1.29, 1.82) is 5.26 Å². The lowest BCUT2D eigenvalue weighted by atomic mass is 9.93. The predicted octanol–water partition coefficient (Wildman–Crippen LogP) is 4.77. The average Bonchev–Trinajstić information content (AvgIpc) is 2.91. The molecule has 0 saturated carbocycles. The highest BCUT2D eigenvalue weighted by Crippen LogP contribution is 2.37. The highest BCUT2D eigenvalue weighted by Gasteiger charge is 2.37. The van der Waals surface area contributed by atoms with E-state index in [0.29, 0.717) is 29.8 Å². The van der Waals surface area contributed by atoms with Crippen LogP contribution in [0.4, 0.5) is 14.5 Å². The number of pyridine rings is 2. The van der Waals surface area contributed by atoms with Gasteiger partial charge in [0.2, 0.25) is 0 Å². The van der Waals surface area contributed by atoms with Gasteiger partial charge in [-0.15, -0.1) is 0 Å². The molecule has 1 aliphatic rings. The van der Waals surface area contributed by atoms with Gasteiger partial charge in [-0.3, -0.25) is 9.69 Å². The molecule has 6 nitrogen and oxygen atoms in total. The number of hydrogen-bond donors (Lipinski definition) is 0. The zero-order valence-corrected chi connectivity index (χ0v) is 20.9. The molecule has 1 unspecified atom stereocenters. The Morgan fingerprint density at radius 1 is 1.00 bits per heavy atom. The summed E-state index contributed by atoms with van der Waals surface area (Å²) in [5.41, 5.74) is 3.18. The summed E-state index contributed by atoms with van der Waals surface area (Å²) in [5.74, 6) is -1.71.